The highest BCUT2D eigenvalue weighted by molar-refractivity contribution is 5.56. The van der Waals surface area contributed by atoms with E-state index in [0.717, 1.165) is 12.9 Å². The molecule has 0 bridgehead atoms. The minimum Gasteiger partial charge on any atom is -0.370 e. The van der Waals surface area contributed by atoms with Crippen LogP contribution in [-0.2, 0) is 9.53 Å². The van der Waals surface area contributed by atoms with Crippen LogP contribution in [0.25, 0.3) is 0 Å². The molecule has 0 unspecified atom stereocenters. The van der Waals surface area contributed by atoms with Crippen molar-refractivity contribution < 1.29 is 9.53 Å². The van der Waals surface area contributed by atoms with E-state index in [1.165, 1.54) is 12.8 Å². The Morgan fingerprint density at radius 3 is 2.67 bits per heavy atom. The van der Waals surface area contributed by atoms with Crippen LogP contribution >= 0.6 is 0 Å². The molecule has 0 aromatic rings. The minimum absolute atomic E-state index is 0.0519. The topological polar surface area (TPSA) is 29.6 Å². The molecule has 0 aromatic carbocycles. The summed E-state index contributed by atoms with van der Waals surface area (Å²) >= 11 is 0. The van der Waals surface area contributed by atoms with Gasteiger partial charge in [0.25, 0.3) is 0 Å². The molecule has 1 saturated carbocycles. The highest BCUT2D eigenvalue weighted by atomic mass is 16.6. The van der Waals surface area contributed by atoms with Gasteiger partial charge < -0.3 is 9.53 Å². The fourth-order valence-corrected chi connectivity index (χ4v) is 2.49. The maximum atomic E-state index is 10.8. The molecule has 68 valence electrons. The normalized spacial score (nSPS) is 52.3. The number of epoxide rings is 1. The maximum Gasteiger partial charge on any atom is 0.123 e. The van der Waals surface area contributed by atoms with E-state index in [1.54, 1.807) is 0 Å². The molecule has 0 spiro atoms. The molecule has 0 N–H and O–H groups in total. The summed E-state index contributed by atoms with van der Waals surface area (Å²) in [5.74, 6) is 1.30. The summed E-state index contributed by atoms with van der Waals surface area (Å²) in [5, 5.41) is 0. The molecule has 1 heterocycles. The molecule has 0 amide bonds. The fraction of sp³-hybridized carbons (Fsp3) is 0.900. The van der Waals surface area contributed by atoms with Crippen LogP contribution in [0.4, 0.5) is 0 Å². The van der Waals surface area contributed by atoms with Crippen molar-refractivity contribution in [2.45, 2.75) is 32.3 Å². The Bertz CT molecular complexity index is 196. The molecule has 2 rings (SSSR count). The summed E-state index contributed by atoms with van der Waals surface area (Å²) in [6, 6.07) is 0. The zero-order chi connectivity index (χ0) is 8.77. The van der Waals surface area contributed by atoms with Crippen LogP contribution in [0.1, 0.15) is 26.7 Å². The first-order chi connectivity index (χ1) is 5.67. The third-order valence-electron chi connectivity index (χ3n) is 3.60. The van der Waals surface area contributed by atoms with Gasteiger partial charge in [-0.2, -0.15) is 0 Å². The first kappa shape index (κ1) is 8.24. The zero-order valence-electron chi connectivity index (χ0n) is 7.75. The number of carbonyl (C=O) groups excluding carboxylic acids is 1. The van der Waals surface area contributed by atoms with Crippen LogP contribution in [0.3, 0.4) is 0 Å². The molecule has 2 heteroatoms. The molecule has 1 aliphatic carbocycles. The van der Waals surface area contributed by atoms with Crippen molar-refractivity contribution in [2.75, 3.05) is 6.61 Å². The first-order valence-corrected chi connectivity index (χ1v) is 4.76. The van der Waals surface area contributed by atoms with Gasteiger partial charge in [0.1, 0.15) is 6.29 Å². The summed E-state index contributed by atoms with van der Waals surface area (Å²) in [5.41, 5.74) is 0.0519. The second kappa shape index (κ2) is 2.56. The van der Waals surface area contributed by atoms with E-state index in [2.05, 4.69) is 13.8 Å². The van der Waals surface area contributed by atoms with Crippen LogP contribution < -0.4 is 0 Å². The molecular formula is C10H16O2. The molecule has 0 radical (unpaired) electrons. The predicted octanol–water partition coefficient (Wildman–Crippen LogP) is 1.64. The lowest BCUT2D eigenvalue weighted by Gasteiger charge is -2.20. The van der Waals surface area contributed by atoms with Gasteiger partial charge in [-0.25, -0.2) is 0 Å². The van der Waals surface area contributed by atoms with E-state index in [9.17, 15) is 4.79 Å². The molecule has 2 aliphatic rings. The summed E-state index contributed by atoms with van der Waals surface area (Å²) in [6.45, 7) is 5.16. The predicted molar refractivity (Wildman–Crippen MR) is 45.8 cm³/mol. The number of carbonyl (C=O) groups is 1. The SMILES string of the molecule is C[C@H]1CC[C@@H]([C@@]2(C)CO2)[C@@H]1C=O. The van der Waals surface area contributed by atoms with Gasteiger partial charge >= 0.3 is 0 Å². The van der Waals surface area contributed by atoms with Crippen molar-refractivity contribution in [3.63, 3.8) is 0 Å². The van der Waals surface area contributed by atoms with Crippen molar-refractivity contribution in [3.8, 4) is 0 Å². The smallest absolute Gasteiger partial charge is 0.123 e. The number of hydrogen-bond acceptors (Lipinski definition) is 2. The Morgan fingerprint density at radius 1 is 1.50 bits per heavy atom. The van der Waals surface area contributed by atoms with Crippen molar-refractivity contribution in [1.29, 1.82) is 0 Å². The Morgan fingerprint density at radius 2 is 2.17 bits per heavy atom. The average Bonchev–Trinajstić information content (AvgIpc) is 2.65. The lowest BCUT2D eigenvalue weighted by atomic mass is 9.83. The number of ether oxygens (including phenoxy) is 1. The average molecular weight is 168 g/mol. The largest absolute Gasteiger partial charge is 0.370 e. The highest BCUT2D eigenvalue weighted by Gasteiger charge is 2.53. The second-order valence-electron chi connectivity index (χ2n) is 4.48. The molecule has 1 saturated heterocycles. The zero-order valence-corrected chi connectivity index (χ0v) is 7.75. The Labute approximate surface area is 73.3 Å². The summed E-state index contributed by atoms with van der Waals surface area (Å²) < 4.78 is 5.40. The third kappa shape index (κ3) is 1.09. The van der Waals surface area contributed by atoms with Crippen molar-refractivity contribution in [1.82, 2.24) is 0 Å². The molecule has 2 fully saturated rings. The molecular weight excluding hydrogens is 152 g/mol. The van der Waals surface area contributed by atoms with Gasteiger partial charge in [-0.1, -0.05) is 6.92 Å². The third-order valence-corrected chi connectivity index (χ3v) is 3.60. The molecule has 12 heavy (non-hydrogen) atoms. The van der Waals surface area contributed by atoms with Crippen LogP contribution in [0, 0.1) is 17.8 Å². The van der Waals surface area contributed by atoms with E-state index < -0.39 is 0 Å². The summed E-state index contributed by atoms with van der Waals surface area (Å²) in [6.07, 6.45) is 3.49. The molecule has 2 nitrogen and oxygen atoms in total. The van der Waals surface area contributed by atoms with Gasteiger partial charge in [-0.15, -0.1) is 0 Å². The van der Waals surface area contributed by atoms with Gasteiger partial charge in [0.05, 0.1) is 12.2 Å². The van der Waals surface area contributed by atoms with Gasteiger partial charge in [0.2, 0.25) is 0 Å². The van der Waals surface area contributed by atoms with Gasteiger partial charge in [0, 0.05) is 5.92 Å². The van der Waals surface area contributed by atoms with E-state index in [0.29, 0.717) is 11.8 Å². The number of aldehydes is 1. The molecule has 1 aliphatic heterocycles. The molecule has 0 aromatic heterocycles. The van der Waals surface area contributed by atoms with Crippen molar-refractivity contribution in [3.05, 3.63) is 0 Å². The van der Waals surface area contributed by atoms with Crippen LogP contribution in [0.15, 0.2) is 0 Å². The van der Waals surface area contributed by atoms with Crippen LogP contribution in [0.5, 0.6) is 0 Å². The van der Waals surface area contributed by atoms with Gasteiger partial charge in [0.15, 0.2) is 0 Å². The van der Waals surface area contributed by atoms with Gasteiger partial charge in [-0.3, -0.25) is 0 Å². The van der Waals surface area contributed by atoms with Crippen molar-refractivity contribution in [2.24, 2.45) is 17.8 Å². The Hall–Kier alpha value is -0.370. The van der Waals surface area contributed by atoms with Crippen LogP contribution in [0.2, 0.25) is 0 Å². The first-order valence-electron chi connectivity index (χ1n) is 4.76. The quantitative estimate of drug-likeness (QED) is 0.463. The molecule has 4 atom stereocenters. The lowest BCUT2D eigenvalue weighted by Crippen LogP contribution is -2.27. The second-order valence-corrected chi connectivity index (χ2v) is 4.48. The Balaban J connectivity index is 2.11. The van der Waals surface area contributed by atoms with E-state index >= 15 is 0 Å². The van der Waals surface area contributed by atoms with Crippen LogP contribution in [-0.4, -0.2) is 18.5 Å². The number of hydrogen-bond donors (Lipinski definition) is 0. The van der Waals surface area contributed by atoms with E-state index in [-0.39, 0.29) is 11.5 Å². The fourth-order valence-electron chi connectivity index (χ4n) is 2.49. The highest BCUT2D eigenvalue weighted by Crippen LogP contribution is 2.48. The number of rotatable bonds is 2. The maximum absolute atomic E-state index is 10.8. The summed E-state index contributed by atoms with van der Waals surface area (Å²) in [7, 11) is 0. The summed E-state index contributed by atoms with van der Waals surface area (Å²) in [4.78, 5) is 10.8. The lowest BCUT2D eigenvalue weighted by molar-refractivity contribution is -0.113. The van der Waals surface area contributed by atoms with E-state index in [4.69, 9.17) is 4.74 Å². The standard InChI is InChI=1S/C10H16O2/c1-7-3-4-9(8(7)5-11)10(2)6-12-10/h5,7-9H,3-4,6H2,1-2H3/t7-,8+,9+,10+/m0/s1. The monoisotopic (exact) mass is 168 g/mol. The van der Waals surface area contributed by atoms with E-state index in [1.807, 2.05) is 0 Å². The van der Waals surface area contributed by atoms with Gasteiger partial charge in [-0.05, 0) is 31.6 Å². The Kier molecular flexibility index (Phi) is 1.76. The minimum atomic E-state index is 0.0519. The van der Waals surface area contributed by atoms with Crippen molar-refractivity contribution >= 4 is 6.29 Å².